The van der Waals surface area contributed by atoms with E-state index in [4.69, 9.17) is 4.74 Å². The number of nitrogens with zero attached hydrogens (tertiary/aromatic N) is 4. The fourth-order valence-corrected chi connectivity index (χ4v) is 3.33. The van der Waals surface area contributed by atoms with E-state index in [0.29, 0.717) is 5.92 Å². The number of hydrogen-bond acceptors (Lipinski definition) is 4. The van der Waals surface area contributed by atoms with Crippen LogP contribution in [0.4, 0.5) is 0 Å². The number of likely N-dealkylation sites (tertiary alicyclic amines) is 1. The molecule has 25 heavy (non-hydrogen) atoms. The highest BCUT2D eigenvalue weighted by molar-refractivity contribution is 5.77. The Morgan fingerprint density at radius 2 is 2.04 bits per heavy atom. The molecule has 0 aliphatic carbocycles. The quantitative estimate of drug-likeness (QED) is 0.810. The third-order valence-corrected chi connectivity index (χ3v) is 4.77. The molecule has 6 nitrogen and oxygen atoms in total. The molecule has 2 heterocycles. The lowest BCUT2D eigenvalue weighted by molar-refractivity contribution is -0.134. The highest BCUT2D eigenvalue weighted by Gasteiger charge is 2.27. The van der Waals surface area contributed by atoms with Gasteiger partial charge in [-0.3, -0.25) is 4.79 Å². The number of carbonyl (C=O) groups excluding carboxylic acids is 1. The number of benzene rings is 1. The van der Waals surface area contributed by atoms with Crippen molar-refractivity contribution in [3.63, 3.8) is 0 Å². The van der Waals surface area contributed by atoms with Crippen molar-refractivity contribution in [1.82, 2.24) is 19.7 Å². The van der Waals surface area contributed by atoms with Crippen LogP contribution in [0, 0.1) is 6.92 Å². The first-order valence-electron chi connectivity index (χ1n) is 9.03. The van der Waals surface area contributed by atoms with Crippen molar-refractivity contribution in [2.24, 2.45) is 0 Å². The number of hydrogen-bond donors (Lipinski definition) is 0. The lowest BCUT2D eigenvalue weighted by Crippen LogP contribution is -2.40. The number of aryl methyl sites for hydroxylation is 2. The minimum absolute atomic E-state index is 0.0525. The lowest BCUT2D eigenvalue weighted by atomic mass is 9.96. The Kier molecular flexibility index (Phi) is 5.68. The van der Waals surface area contributed by atoms with Crippen LogP contribution in [-0.4, -0.2) is 45.3 Å². The van der Waals surface area contributed by atoms with Crippen LogP contribution >= 0.6 is 0 Å². The standard InChI is InChI=1S/C19H26N4O2/c1-3-10-23-14-20-21-19(23)16-8-11-22(12-9-16)18(24)13-25-17-7-5-4-6-15(17)2/h4-7,14,16H,3,8-13H2,1-2H3. The van der Waals surface area contributed by atoms with Crippen molar-refractivity contribution in [1.29, 1.82) is 0 Å². The molecule has 0 saturated carbocycles. The Hall–Kier alpha value is -2.37. The Labute approximate surface area is 148 Å². The van der Waals surface area contributed by atoms with E-state index in [1.165, 1.54) is 0 Å². The number of piperidine rings is 1. The van der Waals surface area contributed by atoms with Gasteiger partial charge in [-0.1, -0.05) is 25.1 Å². The van der Waals surface area contributed by atoms with Crippen molar-refractivity contribution in [3.05, 3.63) is 42.0 Å². The van der Waals surface area contributed by atoms with Gasteiger partial charge in [-0.15, -0.1) is 10.2 Å². The molecule has 0 N–H and O–H groups in total. The van der Waals surface area contributed by atoms with Gasteiger partial charge in [-0.2, -0.15) is 0 Å². The van der Waals surface area contributed by atoms with E-state index >= 15 is 0 Å². The lowest BCUT2D eigenvalue weighted by Gasteiger charge is -2.31. The van der Waals surface area contributed by atoms with Gasteiger partial charge >= 0.3 is 0 Å². The first-order valence-corrected chi connectivity index (χ1v) is 9.03. The van der Waals surface area contributed by atoms with E-state index in [1.807, 2.05) is 42.4 Å². The van der Waals surface area contributed by atoms with E-state index in [9.17, 15) is 4.79 Å². The molecular weight excluding hydrogens is 316 g/mol. The van der Waals surface area contributed by atoms with Crippen molar-refractivity contribution in [3.8, 4) is 5.75 Å². The van der Waals surface area contributed by atoms with Crippen LogP contribution in [0.25, 0.3) is 0 Å². The highest BCUT2D eigenvalue weighted by Crippen LogP contribution is 2.27. The van der Waals surface area contributed by atoms with E-state index in [-0.39, 0.29) is 12.5 Å². The predicted octanol–water partition coefficient (Wildman–Crippen LogP) is 2.78. The summed E-state index contributed by atoms with van der Waals surface area (Å²) < 4.78 is 7.83. The molecule has 6 heteroatoms. The average molecular weight is 342 g/mol. The number of para-hydroxylation sites is 1. The number of aromatic nitrogens is 3. The van der Waals surface area contributed by atoms with E-state index in [2.05, 4.69) is 21.7 Å². The minimum Gasteiger partial charge on any atom is -0.484 e. The van der Waals surface area contributed by atoms with Crippen LogP contribution < -0.4 is 4.74 Å². The topological polar surface area (TPSA) is 60.2 Å². The summed E-state index contributed by atoms with van der Waals surface area (Å²) in [7, 11) is 0. The molecule has 0 radical (unpaired) electrons. The molecule has 2 aromatic rings. The largest absolute Gasteiger partial charge is 0.484 e. The smallest absolute Gasteiger partial charge is 0.260 e. The molecule has 1 aliphatic heterocycles. The second-order valence-electron chi connectivity index (χ2n) is 6.59. The summed E-state index contributed by atoms with van der Waals surface area (Å²) in [6, 6.07) is 7.77. The molecule has 0 bridgehead atoms. The van der Waals surface area contributed by atoms with Crippen molar-refractivity contribution >= 4 is 5.91 Å². The number of carbonyl (C=O) groups is 1. The zero-order chi connectivity index (χ0) is 17.6. The highest BCUT2D eigenvalue weighted by atomic mass is 16.5. The molecular formula is C19H26N4O2. The van der Waals surface area contributed by atoms with Crippen molar-refractivity contribution < 1.29 is 9.53 Å². The summed E-state index contributed by atoms with van der Waals surface area (Å²) in [6.07, 6.45) is 4.74. The van der Waals surface area contributed by atoms with Crippen molar-refractivity contribution in [2.75, 3.05) is 19.7 Å². The Morgan fingerprint density at radius 1 is 1.28 bits per heavy atom. The maximum atomic E-state index is 12.4. The minimum atomic E-state index is 0.0525. The van der Waals surface area contributed by atoms with Crippen LogP contribution in [0.1, 0.15) is 43.5 Å². The summed E-state index contributed by atoms with van der Waals surface area (Å²) in [5.74, 6) is 2.27. The molecule has 1 aromatic heterocycles. The second-order valence-corrected chi connectivity index (χ2v) is 6.59. The van der Waals surface area contributed by atoms with Gasteiger partial charge in [-0.05, 0) is 37.8 Å². The first kappa shape index (κ1) is 17.5. The fourth-order valence-electron chi connectivity index (χ4n) is 3.33. The Balaban J connectivity index is 1.51. The van der Waals surface area contributed by atoms with Crippen molar-refractivity contribution in [2.45, 2.75) is 45.6 Å². The van der Waals surface area contributed by atoms with Crippen LogP contribution in [0.3, 0.4) is 0 Å². The number of amides is 1. The second kappa shape index (κ2) is 8.14. The normalized spacial score (nSPS) is 15.4. The Bertz CT molecular complexity index is 705. The van der Waals surface area contributed by atoms with E-state index < -0.39 is 0 Å². The van der Waals surface area contributed by atoms with E-state index in [1.54, 1.807) is 0 Å². The number of ether oxygens (including phenoxy) is 1. The monoisotopic (exact) mass is 342 g/mol. The van der Waals surface area contributed by atoms with E-state index in [0.717, 1.165) is 56.0 Å². The molecule has 1 aliphatic rings. The van der Waals surface area contributed by atoms with Crippen LogP contribution in [-0.2, 0) is 11.3 Å². The molecule has 0 unspecified atom stereocenters. The first-order chi connectivity index (χ1) is 12.2. The molecule has 134 valence electrons. The zero-order valence-electron chi connectivity index (χ0n) is 15.0. The molecule has 1 saturated heterocycles. The molecule has 0 atom stereocenters. The molecule has 1 amide bonds. The number of rotatable bonds is 6. The van der Waals surface area contributed by atoms with Gasteiger partial charge in [0.2, 0.25) is 0 Å². The SMILES string of the molecule is CCCn1cnnc1C1CCN(C(=O)COc2ccccc2C)CC1. The zero-order valence-corrected chi connectivity index (χ0v) is 15.0. The van der Waals surface area contributed by atoms with Gasteiger partial charge in [-0.25, -0.2) is 0 Å². The summed E-state index contributed by atoms with van der Waals surface area (Å²) in [6.45, 7) is 6.68. The Morgan fingerprint density at radius 3 is 2.76 bits per heavy atom. The summed E-state index contributed by atoms with van der Waals surface area (Å²) in [5, 5.41) is 8.35. The molecule has 1 aromatic carbocycles. The summed E-state index contributed by atoms with van der Waals surface area (Å²) in [5.41, 5.74) is 1.05. The van der Waals surface area contributed by atoms with Crippen LogP contribution in [0.2, 0.25) is 0 Å². The molecule has 1 fully saturated rings. The molecule has 0 spiro atoms. The fraction of sp³-hybridized carbons (Fsp3) is 0.526. The summed E-state index contributed by atoms with van der Waals surface area (Å²) in [4.78, 5) is 14.3. The van der Waals surface area contributed by atoms with Gasteiger partial charge < -0.3 is 14.2 Å². The maximum absolute atomic E-state index is 12.4. The summed E-state index contributed by atoms with van der Waals surface area (Å²) >= 11 is 0. The third kappa shape index (κ3) is 4.18. The molecule has 3 rings (SSSR count). The third-order valence-electron chi connectivity index (χ3n) is 4.77. The van der Waals surface area contributed by atoms with Gasteiger partial charge in [0.15, 0.2) is 6.61 Å². The van der Waals surface area contributed by atoms with Gasteiger partial charge in [0.05, 0.1) is 0 Å². The van der Waals surface area contributed by atoms with Crippen LogP contribution in [0.5, 0.6) is 5.75 Å². The average Bonchev–Trinajstić information content (AvgIpc) is 3.09. The van der Waals surface area contributed by atoms with Gasteiger partial charge in [0.1, 0.15) is 17.9 Å². The van der Waals surface area contributed by atoms with Crippen LogP contribution in [0.15, 0.2) is 30.6 Å². The maximum Gasteiger partial charge on any atom is 0.260 e. The predicted molar refractivity (Wildman–Crippen MR) is 95.5 cm³/mol. The van der Waals surface area contributed by atoms with Gasteiger partial charge in [0, 0.05) is 25.6 Å². The van der Waals surface area contributed by atoms with Gasteiger partial charge in [0.25, 0.3) is 5.91 Å².